The summed E-state index contributed by atoms with van der Waals surface area (Å²) in [5.74, 6) is -0.850. The maximum atomic E-state index is 13.4. The number of carboxylic acids is 1. The Bertz CT molecular complexity index is 1480. The van der Waals surface area contributed by atoms with Crippen LogP contribution in [0.1, 0.15) is 38.9 Å². The van der Waals surface area contributed by atoms with Gasteiger partial charge in [-0.25, -0.2) is 9.78 Å². The number of benzene rings is 3. The quantitative estimate of drug-likeness (QED) is 0.195. The summed E-state index contributed by atoms with van der Waals surface area (Å²) < 4.78 is 5.92. The molecule has 10 heteroatoms. The molecule has 0 spiro atoms. The number of halogens is 1. The number of carboxylic acid groups (broad SMARTS) is 1. The first-order valence-corrected chi connectivity index (χ1v) is 14.9. The number of ether oxygens (including phenoxy) is 1. The second kappa shape index (κ2) is 14.9. The Hall–Kier alpha value is -2.57. The SMILES string of the molecule is COC(c1ccc(C(=O)NC(CCSC)C(=O)O)c(-c2ccccc2C)c1)c1cnc(-c2cccc(Cl)c2)s1.[LiH]. The molecule has 1 heterocycles. The number of aliphatic carboxylic acids is 1. The molecule has 0 aliphatic heterocycles. The third-order valence-corrected chi connectivity index (χ3v) is 8.30. The Morgan fingerprint density at radius 2 is 1.88 bits per heavy atom. The number of nitrogens with one attached hydrogen (secondary N) is 1. The van der Waals surface area contributed by atoms with Crippen molar-refractivity contribution < 1.29 is 19.4 Å². The van der Waals surface area contributed by atoms with Crippen LogP contribution in [0.4, 0.5) is 0 Å². The predicted molar refractivity (Wildman–Crippen MR) is 167 cm³/mol. The molecule has 0 saturated carbocycles. The van der Waals surface area contributed by atoms with E-state index in [9.17, 15) is 14.7 Å². The molecule has 1 aromatic heterocycles. The molecule has 2 unspecified atom stereocenters. The van der Waals surface area contributed by atoms with Gasteiger partial charge in [-0.2, -0.15) is 11.8 Å². The van der Waals surface area contributed by atoms with Gasteiger partial charge in [0.1, 0.15) is 17.2 Å². The predicted octanol–water partition coefficient (Wildman–Crippen LogP) is 6.46. The molecular formula is C30H30ClLiN2O4S2. The summed E-state index contributed by atoms with van der Waals surface area (Å²) in [7, 11) is 1.64. The molecule has 0 aliphatic rings. The number of rotatable bonds is 11. The normalized spacial score (nSPS) is 12.3. The van der Waals surface area contributed by atoms with Crippen molar-refractivity contribution in [3.63, 3.8) is 0 Å². The fourth-order valence-electron chi connectivity index (χ4n) is 4.33. The minimum absolute atomic E-state index is 0. The van der Waals surface area contributed by atoms with Crippen LogP contribution < -0.4 is 5.32 Å². The van der Waals surface area contributed by atoms with E-state index in [1.54, 1.807) is 19.4 Å². The van der Waals surface area contributed by atoms with Gasteiger partial charge >= 0.3 is 24.8 Å². The Morgan fingerprint density at radius 3 is 2.55 bits per heavy atom. The van der Waals surface area contributed by atoms with Gasteiger partial charge in [0.25, 0.3) is 5.91 Å². The molecule has 0 radical (unpaired) electrons. The summed E-state index contributed by atoms with van der Waals surface area (Å²) in [6.45, 7) is 1.98. The van der Waals surface area contributed by atoms with Gasteiger partial charge < -0.3 is 15.2 Å². The van der Waals surface area contributed by atoms with Crippen molar-refractivity contribution >= 4 is 65.4 Å². The van der Waals surface area contributed by atoms with Gasteiger partial charge in [-0.15, -0.1) is 11.3 Å². The maximum absolute atomic E-state index is 13.4. The molecule has 4 aromatic rings. The molecule has 3 aromatic carbocycles. The second-order valence-corrected chi connectivity index (χ2v) is 11.4. The molecule has 2 N–H and O–H groups in total. The van der Waals surface area contributed by atoms with Gasteiger partial charge in [0, 0.05) is 29.5 Å². The van der Waals surface area contributed by atoms with E-state index >= 15 is 0 Å². The Morgan fingerprint density at radius 1 is 1.10 bits per heavy atom. The molecule has 2 atom stereocenters. The van der Waals surface area contributed by atoms with Gasteiger partial charge in [0.05, 0.1) is 4.88 Å². The van der Waals surface area contributed by atoms with Crippen molar-refractivity contribution in [3.8, 4) is 21.7 Å². The van der Waals surface area contributed by atoms with Crippen LogP contribution >= 0.6 is 34.7 Å². The van der Waals surface area contributed by atoms with Crippen LogP contribution in [-0.4, -0.2) is 66.0 Å². The second-order valence-electron chi connectivity index (χ2n) is 8.96. The van der Waals surface area contributed by atoms with Crippen molar-refractivity contribution in [1.82, 2.24) is 10.3 Å². The van der Waals surface area contributed by atoms with Gasteiger partial charge in [0.2, 0.25) is 0 Å². The average Bonchev–Trinajstić information content (AvgIpc) is 3.41. The standard InChI is InChI=1S/C30H29ClN2O4S2.Li.H/c1-18-7-4-5-10-22(18)24-16-19(11-12-23(24)28(34)33-25(30(35)36)13-14-38-3)27(37-2)26-17-32-29(39-26)20-8-6-9-21(31)15-20;;/h4-12,15-17,25,27H,13-14H2,1-3H3,(H,33,34)(H,35,36);;. The molecule has 204 valence electrons. The number of amides is 1. The molecule has 1 amide bonds. The number of aryl methyl sites for hydroxylation is 1. The summed E-state index contributed by atoms with van der Waals surface area (Å²) in [5.41, 5.74) is 4.78. The molecular weight excluding hydrogens is 559 g/mol. The van der Waals surface area contributed by atoms with E-state index in [1.807, 2.05) is 73.8 Å². The number of hydrogen-bond acceptors (Lipinski definition) is 6. The number of hydrogen-bond donors (Lipinski definition) is 2. The van der Waals surface area contributed by atoms with Crippen LogP contribution in [0, 0.1) is 6.92 Å². The van der Waals surface area contributed by atoms with Crippen LogP contribution in [0.2, 0.25) is 5.02 Å². The van der Waals surface area contributed by atoms with Crippen LogP contribution in [0.25, 0.3) is 21.7 Å². The van der Waals surface area contributed by atoms with Crippen molar-refractivity contribution in [2.45, 2.75) is 25.5 Å². The summed E-state index contributed by atoms with van der Waals surface area (Å²) in [5, 5.41) is 13.8. The van der Waals surface area contributed by atoms with Crippen molar-refractivity contribution in [3.05, 3.63) is 99.5 Å². The first-order valence-electron chi connectivity index (χ1n) is 12.3. The molecule has 40 heavy (non-hydrogen) atoms. The zero-order chi connectivity index (χ0) is 27.9. The number of carbonyl (C=O) groups is 2. The summed E-state index contributed by atoms with van der Waals surface area (Å²) in [4.78, 5) is 30.7. The number of methoxy groups -OCH3 is 1. The molecule has 0 aliphatic carbocycles. The Kier molecular flexibility index (Phi) is 11.9. The average molecular weight is 589 g/mol. The third kappa shape index (κ3) is 7.58. The summed E-state index contributed by atoms with van der Waals surface area (Å²) in [6.07, 6.45) is 3.63. The first-order chi connectivity index (χ1) is 18.8. The van der Waals surface area contributed by atoms with Gasteiger partial charge in [-0.1, -0.05) is 54.1 Å². The zero-order valence-corrected chi connectivity index (χ0v) is 24.2. The molecule has 0 saturated heterocycles. The zero-order valence-electron chi connectivity index (χ0n) is 21.8. The summed E-state index contributed by atoms with van der Waals surface area (Å²) >= 11 is 9.23. The van der Waals surface area contributed by atoms with E-state index < -0.39 is 24.0 Å². The van der Waals surface area contributed by atoms with Gasteiger partial charge in [-0.3, -0.25) is 4.79 Å². The van der Waals surface area contributed by atoms with E-state index in [0.29, 0.717) is 28.3 Å². The monoisotopic (exact) mass is 588 g/mol. The van der Waals surface area contributed by atoms with E-state index in [0.717, 1.165) is 32.1 Å². The molecule has 6 nitrogen and oxygen atoms in total. The molecule has 0 fully saturated rings. The minimum atomic E-state index is -1.05. The fourth-order valence-corrected chi connectivity index (χ4v) is 6.01. The van der Waals surface area contributed by atoms with E-state index in [1.165, 1.54) is 23.1 Å². The van der Waals surface area contributed by atoms with Crippen molar-refractivity contribution in [2.75, 3.05) is 19.1 Å². The number of thiazole rings is 1. The van der Waals surface area contributed by atoms with Gasteiger partial charge in [-0.05, 0) is 71.9 Å². The number of aromatic nitrogens is 1. The van der Waals surface area contributed by atoms with E-state index in [2.05, 4.69) is 10.3 Å². The topological polar surface area (TPSA) is 88.5 Å². The number of nitrogens with zero attached hydrogens (tertiary/aromatic N) is 1. The van der Waals surface area contributed by atoms with Crippen LogP contribution in [-0.2, 0) is 9.53 Å². The summed E-state index contributed by atoms with van der Waals surface area (Å²) in [6, 6.07) is 19.9. The van der Waals surface area contributed by atoms with Crippen LogP contribution in [0.5, 0.6) is 0 Å². The van der Waals surface area contributed by atoms with Crippen LogP contribution in [0.15, 0.2) is 72.9 Å². The van der Waals surface area contributed by atoms with Crippen molar-refractivity contribution in [1.29, 1.82) is 0 Å². The molecule has 4 rings (SSSR count). The van der Waals surface area contributed by atoms with E-state index in [-0.39, 0.29) is 18.9 Å². The first kappa shape index (κ1) is 31.9. The number of carbonyl (C=O) groups excluding carboxylic acids is 1. The van der Waals surface area contributed by atoms with Crippen LogP contribution in [0.3, 0.4) is 0 Å². The Balaban J connectivity index is 0.00000441. The van der Waals surface area contributed by atoms with Gasteiger partial charge in [0.15, 0.2) is 0 Å². The molecule has 0 bridgehead atoms. The van der Waals surface area contributed by atoms with E-state index in [4.69, 9.17) is 16.3 Å². The number of thioether (sulfide) groups is 1. The van der Waals surface area contributed by atoms with Crippen molar-refractivity contribution in [2.24, 2.45) is 0 Å². The third-order valence-electron chi connectivity index (χ3n) is 6.33. The fraction of sp³-hybridized carbons (Fsp3) is 0.233. The Labute approximate surface area is 259 Å².